The lowest BCUT2D eigenvalue weighted by atomic mass is 10.0. The first-order valence-corrected chi connectivity index (χ1v) is 7.01. The molecule has 0 aliphatic carbocycles. The molecule has 0 bridgehead atoms. The molecule has 0 saturated heterocycles. The largest absolute Gasteiger partial charge is 0.480 e. The van der Waals surface area contributed by atoms with Gasteiger partial charge in [-0.05, 0) is 25.2 Å². The van der Waals surface area contributed by atoms with E-state index in [0.29, 0.717) is 19.3 Å². The zero-order valence-corrected chi connectivity index (χ0v) is 12.8. The summed E-state index contributed by atoms with van der Waals surface area (Å²) >= 11 is 0. The number of carboxylic acid groups (broad SMARTS) is 1. The SMILES string of the molecule is C#CCCC[C@H](NC(=O)[C@H](CC(C)C)NC(C)=O)C(=O)O. The molecule has 3 N–H and O–H groups in total. The molecular weight excluding hydrogens is 272 g/mol. The standard InChI is InChI=1S/C15H24N2O4/c1-5-6-7-8-12(15(20)21)17-14(19)13(9-10(2)3)16-11(4)18/h1,10,12-13H,6-9H2,2-4H3,(H,16,18)(H,17,19)(H,20,21)/t12-,13-/m0/s1. The quantitative estimate of drug-likeness (QED) is 0.435. The van der Waals surface area contributed by atoms with E-state index in [4.69, 9.17) is 11.5 Å². The smallest absolute Gasteiger partial charge is 0.326 e. The Morgan fingerprint density at radius 3 is 2.24 bits per heavy atom. The Balaban J connectivity index is 4.69. The van der Waals surface area contributed by atoms with Crippen LogP contribution in [0, 0.1) is 18.3 Å². The van der Waals surface area contributed by atoms with E-state index in [0.717, 1.165) is 0 Å². The van der Waals surface area contributed by atoms with Crippen molar-refractivity contribution in [2.75, 3.05) is 0 Å². The highest BCUT2D eigenvalue weighted by Gasteiger charge is 2.26. The Kier molecular flexibility index (Phi) is 8.86. The Morgan fingerprint density at radius 1 is 1.19 bits per heavy atom. The van der Waals surface area contributed by atoms with Crippen molar-refractivity contribution in [1.29, 1.82) is 0 Å². The Labute approximate surface area is 125 Å². The zero-order chi connectivity index (χ0) is 16.4. The molecule has 0 aromatic rings. The van der Waals surface area contributed by atoms with Gasteiger partial charge in [0.15, 0.2) is 0 Å². The third kappa shape index (κ3) is 8.69. The van der Waals surface area contributed by atoms with Gasteiger partial charge in [0.05, 0.1) is 0 Å². The summed E-state index contributed by atoms with van der Waals surface area (Å²) in [6.07, 6.45) is 6.80. The second-order valence-electron chi connectivity index (χ2n) is 5.38. The highest BCUT2D eigenvalue weighted by atomic mass is 16.4. The minimum absolute atomic E-state index is 0.192. The number of carbonyl (C=O) groups is 3. The number of hydrogen-bond acceptors (Lipinski definition) is 3. The molecule has 0 aromatic heterocycles. The number of nitrogens with one attached hydrogen (secondary N) is 2. The lowest BCUT2D eigenvalue weighted by Gasteiger charge is -2.22. The molecule has 0 aliphatic rings. The van der Waals surface area contributed by atoms with E-state index >= 15 is 0 Å². The van der Waals surface area contributed by atoms with E-state index in [-0.39, 0.29) is 18.2 Å². The first-order chi connectivity index (χ1) is 9.77. The van der Waals surface area contributed by atoms with Crippen LogP contribution in [-0.2, 0) is 14.4 Å². The van der Waals surface area contributed by atoms with Crippen LogP contribution in [0.1, 0.15) is 46.5 Å². The van der Waals surface area contributed by atoms with Crippen LogP contribution in [0.3, 0.4) is 0 Å². The van der Waals surface area contributed by atoms with E-state index in [1.807, 2.05) is 13.8 Å². The molecule has 0 heterocycles. The second-order valence-corrected chi connectivity index (χ2v) is 5.38. The van der Waals surface area contributed by atoms with Crippen LogP contribution < -0.4 is 10.6 Å². The molecule has 0 aliphatic heterocycles. The molecule has 0 unspecified atom stereocenters. The summed E-state index contributed by atoms with van der Waals surface area (Å²) in [5.41, 5.74) is 0. The fraction of sp³-hybridized carbons (Fsp3) is 0.667. The fourth-order valence-corrected chi connectivity index (χ4v) is 1.89. The number of amides is 2. The lowest BCUT2D eigenvalue weighted by molar-refractivity contribution is -0.142. The monoisotopic (exact) mass is 296 g/mol. The molecule has 2 atom stereocenters. The minimum atomic E-state index is -1.11. The lowest BCUT2D eigenvalue weighted by Crippen LogP contribution is -2.51. The third-order valence-electron chi connectivity index (χ3n) is 2.83. The van der Waals surface area contributed by atoms with E-state index in [1.165, 1.54) is 6.92 Å². The van der Waals surface area contributed by atoms with Crippen molar-refractivity contribution in [3.63, 3.8) is 0 Å². The zero-order valence-electron chi connectivity index (χ0n) is 12.8. The predicted molar refractivity (Wildman–Crippen MR) is 79.3 cm³/mol. The van der Waals surface area contributed by atoms with Gasteiger partial charge < -0.3 is 15.7 Å². The second kappa shape index (κ2) is 9.81. The molecule has 0 radical (unpaired) electrons. The van der Waals surface area contributed by atoms with Gasteiger partial charge in [-0.3, -0.25) is 9.59 Å². The topological polar surface area (TPSA) is 95.5 Å². The van der Waals surface area contributed by atoms with Gasteiger partial charge in [-0.1, -0.05) is 13.8 Å². The van der Waals surface area contributed by atoms with E-state index in [1.54, 1.807) is 0 Å². The van der Waals surface area contributed by atoms with Crippen molar-refractivity contribution < 1.29 is 19.5 Å². The Morgan fingerprint density at radius 2 is 1.81 bits per heavy atom. The predicted octanol–water partition coefficient (Wildman–Crippen LogP) is 0.910. The number of rotatable bonds is 9. The average Bonchev–Trinajstić information content (AvgIpc) is 2.35. The van der Waals surface area contributed by atoms with Crippen molar-refractivity contribution in [1.82, 2.24) is 10.6 Å². The summed E-state index contributed by atoms with van der Waals surface area (Å²) in [5, 5.41) is 14.1. The first-order valence-electron chi connectivity index (χ1n) is 7.01. The van der Waals surface area contributed by atoms with Crippen LogP contribution in [-0.4, -0.2) is 35.0 Å². The van der Waals surface area contributed by atoms with Crippen LogP contribution in [0.15, 0.2) is 0 Å². The maximum atomic E-state index is 12.1. The molecule has 6 heteroatoms. The van der Waals surface area contributed by atoms with Gasteiger partial charge >= 0.3 is 5.97 Å². The number of carboxylic acids is 1. The van der Waals surface area contributed by atoms with Gasteiger partial charge in [-0.15, -0.1) is 12.3 Å². The molecule has 6 nitrogen and oxygen atoms in total. The Bertz CT molecular complexity index is 412. The van der Waals surface area contributed by atoms with Crippen LogP contribution in [0.25, 0.3) is 0 Å². The summed E-state index contributed by atoms with van der Waals surface area (Å²) in [7, 11) is 0. The first kappa shape index (κ1) is 19.0. The van der Waals surface area contributed by atoms with E-state index < -0.39 is 24.0 Å². The van der Waals surface area contributed by atoms with Crippen molar-refractivity contribution in [3.8, 4) is 12.3 Å². The third-order valence-corrected chi connectivity index (χ3v) is 2.83. The molecule has 2 amide bonds. The summed E-state index contributed by atoms with van der Waals surface area (Å²) in [6, 6.07) is -1.72. The molecule has 21 heavy (non-hydrogen) atoms. The number of hydrogen-bond donors (Lipinski definition) is 3. The molecule has 0 aromatic carbocycles. The maximum Gasteiger partial charge on any atom is 0.326 e. The molecule has 0 saturated carbocycles. The Hall–Kier alpha value is -2.03. The number of unbranched alkanes of at least 4 members (excludes halogenated alkanes) is 1. The number of aliphatic carboxylic acids is 1. The normalized spacial score (nSPS) is 13.1. The molecule has 0 fully saturated rings. The summed E-state index contributed by atoms with van der Waals surface area (Å²) < 4.78 is 0. The average molecular weight is 296 g/mol. The van der Waals surface area contributed by atoms with Gasteiger partial charge in [0, 0.05) is 13.3 Å². The van der Waals surface area contributed by atoms with Crippen LogP contribution in [0.4, 0.5) is 0 Å². The summed E-state index contributed by atoms with van der Waals surface area (Å²) in [5.74, 6) is 0.711. The van der Waals surface area contributed by atoms with Crippen molar-refractivity contribution >= 4 is 17.8 Å². The minimum Gasteiger partial charge on any atom is -0.480 e. The number of terminal acetylenes is 1. The molecule has 0 rings (SSSR count). The van der Waals surface area contributed by atoms with Crippen LogP contribution in [0.5, 0.6) is 0 Å². The highest BCUT2D eigenvalue weighted by Crippen LogP contribution is 2.07. The van der Waals surface area contributed by atoms with Gasteiger partial charge in [0.25, 0.3) is 0 Å². The van der Waals surface area contributed by atoms with Crippen molar-refractivity contribution in [3.05, 3.63) is 0 Å². The van der Waals surface area contributed by atoms with Gasteiger partial charge in [0.1, 0.15) is 12.1 Å². The van der Waals surface area contributed by atoms with Gasteiger partial charge in [-0.25, -0.2) is 4.79 Å². The van der Waals surface area contributed by atoms with Crippen molar-refractivity contribution in [2.45, 2.75) is 58.5 Å². The van der Waals surface area contributed by atoms with Gasteiger partial charge in [-0.2, -0.15) is 0 Å². The molecule has 118 valence electrons. The van der Waals surface area contributed by atoms with Gasteiger partial charge in [0.2, 0.25) is 11.8 Å². The van der Waals surface area contributed by atoms with Crippen molar-refractivity contribution in [2.24, 2.45) is 5.92 Å². The van der Waals surface area contributed by atoms with E-state index in [9.17, 15) is 14.4 Å². The van der Waals surface area contributed by atoms with E-state index in [2.05, 4.69) is 16.6 Å². The molecular formula is C15H24N2O4. The van der Waals surface area contributed by atoms with Crippen LogP contribution >= 0.6 is 0 Å². The summed E-state index contributed by atoms with van der Waals surface area (Å²) in [6.45, 7) is 5.16. The molecule has 0 spiro atoms. The maximum absolute atomic E-state index is 12.1. The highest BCUT2D eigenvalue weighted by molar-refractivity contribution is 5.89. The van der Waals surface area contributed by atoms with Crippen LogP contribution in [0.2, 0.25) is 0 Å². The summed E-state index contributed by atoms with van der Waals surface area (Å²) in [4.78, 5) is 34.4. The fourth-order valence-electron chi connectivity index (χ4n) is 1.89. The number of carbonyl (C=O) groups excluding carboxylic acids is 2.